The number of rotatable bonds is 4. The quantitative estimate of drug-likeness (QED) is 0.374. The van der Waals surface area contributed by atoms with Crippen LogP contribution in [0.25, 0.3) is 16.8 Å². The van der Waals surface area contributed by atoms with Gasteiger partial charge in [-0.25, -0.2) is 4.79 Å². The van der Waals surface area contributed by atoms with Crippen molar-refractivity contribution in [1.29, 1.82) is 0 Å². The molecule has 0 atom stereocenters. The number of nitrogens with zero attached hydrogens (tertiary/aromatic N) is 1. The van der Waals surface area contributed by atoms with Gasteiger partial charge in [0, 0.05) is 6.08 Å². The van der Waals surface area contributed by atoms with Crippen molar-refractivity contribution in [3.63, 3.8) is 0 Å². The summed E-state index contributed by atoms with van der Waals surface area (Å²) in [5, 5.41) is 12.9. The molecule has 0 unspecified atom stereocenters. The Kier molecular flexibility index (Phi) is 4.33. The highest BCUT2D eigenvalue weighted by Crippen LogP contribution is 2.24. The van der Waals surface area contributed by atoms with Crippen molar-refractivity contribution in [1.82, 2.24) is 0 Å². The van der Waals surface area contributed by atoms with Crippen LogP contribution in [0.5, 0.6) is 0 Å². The maximum Gasteiger partial charge on any atom is 0.409 e. The van der Waals surface area contributed by atoms with Gasteiger partial charge >= 0.3 is 11.7 Å². The van der Waals surface area contributed by atoms with Gasteiger partial charge in [0.15, 0.2) is 0 Å². The van der Waals surface area contributed by atoms with Crippen molar-refractivity contribution in [2.75, 3.05) is 6.61 Å². The van der Waals surface area contributed by atoms with Gasteiger partial charge in [0.25, 0.3) is 0 Å². The molecule has 0 radical (unpaired) electrons. The Hall–Kier alpha value is -2.69. The van der Waals surface area contributed by atoms with Crippen molar-refractivity contribution in [2.45, 2.75) is 13.8 Å². The van der Waals surface area contributed by atoms with E-state index in [-0.39, 0.29) is 6.61 Å². The lowest BCUT2D eigenvalue weighted by Crippen LogP contribution is -2.14. The third-order valence-corrected chi connectivity index (χ3v) is 3.15. The van der Waals surface area contributed by atoms with Crippen LogP contribution in [0.15, 0.2) is 42.1 Å². The number of benzene rings is 2. The highest BCUT2D eigenvalue weighted by molar-refractivity contribution is 5.97. The maximum atomic E-state index is 11.7. The lowest BCUT2D eigenvalue weighted by Gasteiger charge is -2.06. The molecule has 5 nitrogen and oxygen atoms in total. The van der Waals surface area contributed by atoms with E-state index in [1.807, 2.05) is 37.3 Å². The van der Waals surface area contributed by atoms with Gasteiger partial charge in [-0.3, -0.25) is 10.1 Å². The van der Waals surface area contributed by atoms with Crippen LogP contribution in [0.4, 0.5) is 0 Å². The summed E-state index contributed by atoms with van der Waals surface area (Å²) in [5.74, 6) is -0.924. The molecular formula is C16H15NO4. The zero-order valence-electron chi connectivity index (χ0n) is 11.8. The number of nitro groups is 1. The number of aryl methyl sites for hydroxylation is 1. The Morgan fingerprint density at radius 1 is 1.24 bits per heavy atom. The Morgan fingerprint density at radius 3 is 2.52 bits per heavy atom. The van der Waals surface area contributed by atoms with E-state index in [0.717, 1.165) is 16.3 Å². The summed E-state index contributed by atoms with van der Waals surface area (Å²) in [7, 11) is 0. The Balaban J connectivity index is 2.60. The lowest BCUT2D eigenvalue weighted by molar-refractivity contribution is -0.419. The Bertz CT molecular complexity index is 734. The summed E-state index contributed by atoms with van der Waals surface area (Å²) in [5.41, 5.74) is 1.13. The highest BCUT2D eigenvalue weighted by atomic mass is 16.6. The average Bonchev–Trinajstić information content (AvgIpc) is 2.46. The number of ether oxygens (including phenoxy) is 1. The Labute approximate surface area is 122 Å². The number of hydrogen-bond donors (Lipinski definition) is 0. The molecule has 0 spiro atoms. The predicted molar refractivity (Wildman–Crippen MR) is 80.3 cm³/mol. The minimum absolute atomic E-state index is 0.0959. The van der Waals surface area contributed by atoms with Gasteiger partial charge in [0.2, 0.25) is 0 Å². The van der Waals surface area contributed by atoms with Gasteiger partial charge < -0.3 is 4.74 Å². The second kappa shape index (κ2) is 6.17. The first-order valence-electron chi connectivity index (χ1n) is 6.56. The molecule has 0 amide bonds. The van der Waals surface area contributed by atoms with Crippen molar-refractivity contribution in [2.24, 2.45) is 0 Å². The molecule has 0 saturated heterocycles. The largest absolute Gasteiger partial charge is 0.458 e. The zero-order valence-corrected chi connectivity index (χ0v) is 11.8. The lowest BCUT2D eigenvalue weighted by atomic mass is 10.00. The van der Waals surface area contributed by atoms with Crippen LogP contribution in [0, 0.1) is 17.0 Å². The van der Waals surface area contributed by atoms with Crippen LogP contribution in [-0.2, 0) is 9.53 Å². The van der Waals surface area contributed by atoms with Crippen molar-refractivity contribution >= 4 is 22.8 Å². The van der Waals surface area contributed by atoms with Gasteiger partial charge in [0.1, 0.15) is 0 Å². The molecule has 0 aliphatic carbocycles. The topological polar surface area (TPSA) is 69.4 Å². The van der Waals surface area contributed by atoms with Crippen LogP contribution < -0.4 is 0 Å². The van der Waals surface area contributed by atoms with E-state index in [4.69, 9.17) is 4.74 Å². The molecule has 0 aliphatic rings. The SMILES string of the molecule is CCOC(=O)/C(=C/c1ccc(C)c2ccccc12)[N+](=O)[O-]. The van der Waals surface area contributed by atoms with Crippen LogP contribution in [-0.4, -0.2) is 17.5 Å². The first-order chi connectivity index (χ1) is 10.0. The van der Waals surface area contributed by atoms with Crippen molar-refractivity contribution in [3.05, 3.63) is 63.3 Å². The average molecular weight is 285 g/mol. The molecule has 0 saturated carbocycles. The first kappa shape index (κ1) is 14.7. The van der Waals surface area contributed by atoms with Gasteiger partial charge in [0.05, 0.1) is 11.5 Å². The molecule has 108 valence electrons. The monoisotopic (exact) mass is 285 g/mol. The predicted octanol–water partition coefficient (Wildman–Crippen LogP) is 3.33. The van der Waals surface area contributed by atoms with Crippen LogP contribution in [0.2, 0.25) is 0 Å². The Morgan fingerprint density at radius 2 is 1.90 bits per heavy atom. The minimum Gasteiger partial charge on any atom is -0.458 e. The van der Waals surface area contributed by atoms with E-state index in [0.29, 0.717) is 5.56 Å². The minimum atomic E-state index is -0.924. The summed E-state index contributed by atoms with van der Waals surface area (Å²) in [6, 6.07) is 11.2. The molecule has 0 N–H and O–H groups in total. The van der Waals surface area contributed by atoms with Crippen molar-refractivity contribution < 1.29 is 14.5 Å². The van der Waals surface area contributed by atoms with E-state index >= 15 is 0 Å². The molecule has 2 aromatic rings. The molecule has 0 fully saturated rings. The van der Waals surface area contributed by atoms with E-state index in [2.05, 4.69) is 0 Å². The molecular weight excluding hydrogens is 270 g/mol. The molecule has 0 bridgehead atoms. The third-order valence-electron chi connectivity index (χ3n) is 3.15. The van der Waals surface area contributed by atoms with Gasteiger partial charge in [-0.05, 0) is 35.7 Å². The van der Waals surface area contributed by atoms with E-state index < -0.39 is 16.6 Å². The number of hydrogen-bond acceptors (Lipinski definition) is 4. The number of carbonyl (C=O) groups is 1. The second-order valence-corrected chi connectivity index (χ2v) is 4.52. The summed E-state index contributed by atoms with van der Waals surface area (Å²) in [6.45, 7) is 3.67. The summed E-state index contributed by atoms with van der Waals surface area (Å²) in [6.07, 6.45) is 1.26. The van der Waals surface area contributed by atoms with E-state index in [9.17, 15) is 14.9 Å². The third kappa shape index (κ3) is 3.08. The molecule has 0 heterocycles. The van der Waals surface area contributed by atoms with E-state index in [1.54, 1.807) is 13.0 Å². The number of carbonyl (C=O) groups excluding carboxylic acids is 1. The van der Waals surface area contributed by atoms with Crippen LogP contribution in [0.3, 0.4) is 0 Å². The second-order valence-electron chi connectivity index (χ2n) is 4.52. The molecule has 0 aliphatic heterocycles. The van der Waals surface area contributed by atoms with Crippen LogP contribution >= 0.6 is 0 Å². The van der Waals surface area contributed by atoms with Crippen molar-refractivity contribution in [3.8, 4) is 0 Å². The maximum absolute atomic E-state index is 11.7. The van der Waals surface area contributed by atoms with Gasteiger partial charge in [-0.15, -0.1) is 0 Å². The molecule has 21 heavy (non-hydrogen) atoms. The summed E-state index contributed by atoms with van der Waals surface area (Å²) < 4.78 is 4.72. The normalized spacial score (nSPS) is 11.4. The van der Waals surface area contributed by atoms with Gasteiger partial charge in [-0.1, -0.05) is 36.4 Å². The number of fused-ring (bicyclic) bond motifs is 1. The zero-order chi connectivity index (χ0) is 15.4. The molecule has 5 heteroatoms. The molecule has 2 rings (SSSR count). The molecule has 2 aromatic carbocycles. The highest BCUT2D eigenvalue weighted by Gasteiger charge is 2.23. The fourth-order valence-corrected chi connectivity index (χ4v) is 2.14. The van der Waals surface area contributed by atoms with Crippen LogP contribution in [0.1, 0.15) is 18.1 Å². The summed E-state index contributed by atoms with van der Waals surface area (Å²) >= 11 is 0. The first-order valence-corrected chi connectivity index (χ1v) is 6.56. The summed E-state index contributed by atoms with van der Waals surface area (Å²) in [4.78, 5) is 22.0. The smallest absolute Gasteiger partial charge is 0.409 e. The van der Waals surface area contributed by atoms with E-state index in [1.165, 1.54) is 6.08 Å². The standard InChI is InChI=1S/C16H15NO4/c1-3-21-16(18)15(17(19)20)10-12-9-8-11(2)13-6-4-5-7-14(12)13/h4-10H,3H2,1-2H3/b15-10-. The fourth-order valence-electron chi connectivity index (χ4n) is 2.14. The van der Waals surface area contributed by atoms with Gasteiger partial charge in [-0.2, -0.15) is 0 Å². The number of esters is 1. The molecule has 0 aromatic heterocycles. The fraction of sp³-hybridized carbons (Fsp3) is 0.188.